The van der Waals surface area contributed by atoms with Crippen molar-refractivity contribution >= 4 is 0 Å². The first-order valence-corrected chi connectivity index (χ1v) is 7.32. The van der Waals surface area contributed by atoms with Gasteiger partial charge in [-0.2, -0.15) is 0 Å². The number of nitrogens with zero attached hydrogens (tertiary/aromatic N) is 2. The third-order valence-electron chi connectivity index (χ3n) is 4.28. The van der Waals surface area contributed by atoms with Crippen molar-refractivity contribution in [3.05, 3.63) is 57.8 Å². The molecule has 1 aromatic carbocycles. The number of rotatable bonds is 2. The molecule has 5 heteroatoms. The molecule has 1 N–H and O–H groups in total. The van der Waals surface area contributed by atoms with E-state index in [1.807, 2.05) is 18.2 Å². The summed E-state index contributed by atoms with van der Waals surface area (Å²) in [6, 6.07) is 8.05. The maximum Gasteiger partial charge on any atom is 0.256 e. The summed E-state index contributed by atoms with van der Waals surface area (Å²) in [7, 11) is 0. The van der Waals surface area contributed by atoms with Gasteiger partial charge < -0.3 is 10.1 Å². The van der Waals surface area contributed by atoms with Crippen LogP contribution in [0, 0.1) is 0 Å². The first kappa shape index (κ1) is 12.6. The Kier molecular flexibility index (Phi) is 3.00. The number of benzene rings is 1. The van der Waals surface area contributed by atoms with E-state index in [-0.39, 0.29) is 11.5 Å². The Morgan fingerprint density at radius 1 is 1.38 bits per heavy atom. The lowest BCUT2D eigenvalue weighted by atomic mass is 10.0. The van der Waals surface area contributed by atoms with E-state index in [0.717, 1.165) is 30.0 Å². The second-order valence-electron chi connectivity index (χ2n) is 5.60. The molecular weight excluding hydrogens is 266 g/mol. The van der Waals surface area contributed by atoms with Crippen LogP contribution in [0.4, 0.5) is 0 Å². The van der Waals surface area contributed by atoms with Crippen LogP contribution in [-0.4, -0.2) is 22.7 Å². The van der Waals surface area contributed by atoms with E-state index in [9.17, 15) is 4.79 Å². The lowest BCUT2D eigenvalue weighted by molar-refractivity contribution is 0.317. The van der Waals surface area contributed by atoms with Gasteiger partial charge >= 0.3 is 0 Å². The van der Waals surface area contributed by atoms with Crippen LogP contribution < -0.4 is 15.6 Å². The largest absolute Gasteiger partial charge is 0.493 e. The molecule has 2 aliphatic heterocycles. The molecule has 1 aromatic heterocycles. The third-order valence-corrected chi connectivity index (χ3v) is 4.28. The molecule has 0 fully saturated rings. The zero-order valence-electron chi connectivity index (χ0n) is 11.7. The summed E-state index contributed by atoms with van der Waals surface area (Å²) in [5, 5.41) is 3.24. The molecule has 21 heavy (non-hydrogen) atoms. The summed E-state index contributed by atoms with van der Waals surface area (Å²) in [5.74, 6) is 1.16. The predicted molar refractivity (Wildman–Crippen MR) is 78.6 cm³/mol. The summed E-state index contributed by atoms with van der Waals surface area (Å²) in [4.78, 5) is 17.0. The standard InChI is InChI=1S/C16H17N3O2/c20-16-13-5-6-17-7-14(13)18-10-19(16)8-11-9-21-15-4-2-1-3-12(11)15/h1-4,10-11,17H,5-9H2. The van der Waals surface area contributed by atoms with Gasteiger partial charge in [0.15, 0.2) is 0 Å². The van der Waals surface area contributed by atoms with E-state index in [0.29, 0.717) is 19.7 Å². The molecule has 5 nitrogen and oxygen atoms in total. The van der Waals surface area contributed by atoms with Gasteiger partial charge in [-0.15, -0.1) is 0 Å². The van der Waals surface area contributed by atoms with E-state index < -0.39 is 0 Å². The second-order valence-corrected chi connectivity index (χ2v) is 5.60. The number of hydrogen-bond acceptors (Lipinski definition) is 4. The van der Waals surface area contributed by atoms with Crippen LogP contribution in [0.25, 0.3) is 0 Å². The molecule has 0 amide bonds. The highest BCUT2D eigenvalue weighted by molar-refractivity contribution is 5.39. The molecule has 1 unspecified atom stereocenters. The quantitative estimate of drug-likeness (QED) is 0.895. The van der Waals surface area contributed by atoms with Crippen molar-refractivity contribution in [1.82, 2.24) is 14.9 Å². The summed E-state index contributed by atoms with van der Waals surface area (Å²) in [6.07, 6.45) is 2.44. The maximum absolute atomic E-state index is 12.6. The Labute approximate surface area is 122 Å². The molecule has 0 saturated heterocycles. The van der Waals surface area contributed by atoms with Crippen molar-refractivity contribution < 1.29 is 4.74 Å². The lowest BCUT2D eigenvalue weighted by Crippen LogP contribution is -2.35. The van der Waals surface area contributed by atoms with Crippen molar-refractivity contribution in [2.45, 2.75) is 25.4 Å². The molecule has 0 spiro atoms. The van der Waals surface area contributed by atoms with Gasteiger partial charge in [0.2, 0.25) is 0 Å². The molecular formula is C16H17N3O2. The Balaban J connectivity index is 1.66. The highest BCUT2D eigenvalue weighted by Gasteiger charge is 2.25. The van der Waals surface area contributed by atoms with E-state index in [2.05, 4.69) is 16.4 Å². The summed E-state index contributed by atoms with van der Waals surface area (Å²) >= 11 is 0. The van der Waals surface area contributed by atoms with Gasteiger partial charge in [-0.05, 0) is 19.0 Å². The van der Waals surface area contributed by atoms with Gasteiger partial charge in [0.05, 0.1) is 18.6 Å². The molecule has 108 valence electrons. The fraction of sp³-hybridized carbons (Fsp3) is 0.375. The lowest BCUT2D eigenvalue weighted by Gasteiger charge is -2.18. The number of ether oxygens (including phenoxy) is 1. The SMILES string of the molecule is O=c1c2c(ncn1CC1COc3ccccc31)CNCC2. The minimum atomic E-state index is 0.103. The molecule has 0 radical (unpaired) electrons. The van der Waals surface area contributed by atoms with Gasteiger partial charge in [-0.3, -0.25) is 9.36 Å². The molecule has 3 heterocycles. The van der Waals surface area contributed by atoms with Crippen LogP contribution >= 0.6 is 0 Å². The van der Waals surface area contributed by atoms with Gasteiger partial charge in [-0.1, -0.05) is 18.2 Å². The zero-order chi connectivity index (χ0) is 14.2. The van der Waals surface area contributed by atoms with Crippen molar-refractivity contribution in [2.24, 2.45) is 0 Å². The predicted octanol–water partition coefficient (Wildman–Crippen LogP) is 1.07. The van der Waals surface area contributed by atoms with Gasteiger partial charge in [0.25, 0.3) is 5.56 Å². The average Bonchev–Trinajstić information content (AvgIpc) is 2.94. The minimum Gasteiger partial charge on any atom is -0.493 e. The van der Waals surface area contributed by atoms with Gasteiger partial charge in [0, 0.05) is 30.1 Å². The number of nitrogens with one attached hydrogen (secondary N) is 1. The molecule has 4 rings (SSSR count). The minimum absolute atomic E-state index is 0.103. The monoisotopic (exact) mass is 283 g/mol. The van der Waals surface area contributed by atoms with E-state index in [1.165, 1.54) is 5.56 Å². The second kappa shape index (κ2) is 5.00. The summed E-state index contributed by atoms with van der Waals surface area (Å²) < 4.78 is 7.43. The molecule has 2 aromatic rings. The van der Waals surface area contributed by atoms with Crippen LogP contribution in [0.1, 0.15) is 22.7 Å². The van der Waals surface area contributed by atoms with E-state index in [1.54, 1.807) is 10.9 Å². The Bertz CT molecular complexity index is 739. The first-order valence-electron chi connectivity index (χ1n) is 7.32. The molecule has 0 saturated carbocycles. The molecule has 0 bridgehead atoms. The van der Waals surface area contributed by atoms with Crippen molar-refractivity contribution in [3.8, 4) is 5.75 Å². The van der Waals surface area contributed by atoms with Gasteiger partial charge in [-0.25, -0.2) is 4.98 Å². The fourth-order valence-electron chi connectivity index (χ4n) is 3.14. The van der Waals surface area contributed by atoms with Crippen molar-refractivity contribution in [1.29, 1.82) is 0 Å². The van der Waals surface area contributed by atoms with Crippen LogP contribution in [0.5, 0.6) is 5.75 Å². The maximum atomic E-state index is 12.6. The van der Waals surface area contributed by atoms with Gasteiger partial charge in [0.1, 0.15) is 5.75 Å². The number of fused-ring (bicyclic) bond motifs is 2. The van der Waals surface area contributed by atoms with Crippen LogP contribution in [0.3, 0.4) is 0 Å². The van der Waals surface area contributed by atoms with E-state index >= 15 is 0 Å². The first-order chi connectivity index (χ1) is 10.3. The zero-order valence-corrected chi connectivity index (χ0v) is 11.7. The van der Waals surface area contributed by atoms with Crippen LogP contribution in [0.15, 0.2) is 35.4 Å². The topological polar surface area (TPSA) is 56.2 Å². The molecule has 0 aliphatic carbocycles. The Morgan fingerprint density at radius 2 is 2.29 bits per heavy atom. The molecule has 1 atom stereocenters. The summed E-state index contributed by atoms with van der Waals surface area (Å²) in [5.41, 5.74) is 3.05. The Morgan fingerprint density at radius 3 is 3.24 bits per heavy atom. The number of aromatic nitrogens is 2. The third kappa shape index (κ3) is 2.14. The highest BCUT2D eigenvalue weighted by atomic mass is 16.5. The highest BCUT2D eigenvalue weighted by Crippen LogP contribution is 2.34. The summed E-state index contributed by atoms with van der Waals surface area (Å²) in [6.45, 7) is 2.80. The van der Waals surface area contributed by atoms with Crippen molar-refractivity contribution in [3.63, 3.8) is 0 Å². The van der Waals surface area contributed by atoms with E-state index in [4.69, 9.17) is 4.74 Å². The number of para-hydroxylation sites is 1. The Hall–Kier alpha value is -2.14. The smallest absolute Gasteiger partial charge is 0.256 e. The molecule has 2 aliphatic rings. The normalized spacial score (nSPS) is 19.7. The average molecular weight is 283 g/mol. The van der Waals surface area contributed by atoms with Crippen LogP contribution in [0.2, 0.25) is 0 Å². The van der Waals surface area contributed by atoms with Crippen molar-refractivity contribution in [2.75, 3.05) is 13.2 Å². The fourth-order valence-corrected chi connectivity index (χ4v) is 3.14. The van der Waals surface area contributed by atoms with Crippen LogP contribution in [-0.2, 0) is 19.5 Å². The number of hydrogen-bond donors (Lipinski definition) is 1.